The highest BCUT2D eigenvalue weighted by molar-refractivity contribution is 5.88. The Balaban J connectivity index is 2.37. The SMILES string of the molecule is CCOC(=O)c1cccc(-c2cccc(C=O)c2)n1. The van der Waals surface area contributed by atoms with E-state index in [1.807, 2.05) is 6.07 Å². The molecule has 2 aromatic rings. The Morgan fingerprint density at radius 2 is 2.05 bits per heavy atom. The van der Waals surface area contributed by atoms with Crippen molar-refractivity contribution < 1.29 is 14.3 Å². The summed E-state index contributed by atoms with van der Waals surface area (Å²) < 4.78 is 4.91. The number of ether oxygens (including phenoxy) is 1. The Morgan fingerprint density at radius 1 is 1.26 bits per heavy atom. The molecule has 96 valence electrons. The average molecular weight is 255 g/mol. The van der Waals surface area contributed by atoms with Gasteiger partial charge in [-0.2, -0.15) is 0 Å². The van der Waals surface area contributed by atoms with Gasteiger partial charge in [0.05, 0.1) is 12.3 Å². The van der Waals surface area contributed by atoms with Crippen molar-refractivity contribution in [3.05, 3.63) is 53.7 Å². The molecule has 0 atom stereocenters. The van der Waals surface area contributed by atoms with Crippen molar-refractivity contribution in [3.8, 4) is 11.3 Å². The number of hydrogen-bond donors (Lipinski definition) is 0. The van der Waals surface area contributed by atoms with Gasteiger partial charge in [0.15, 0.2) is 0 Å². The Bertz CT molecular complexity index is 608. The van der Waals surface area contributed by atoms with Gasteiger partial charge in [-0.25, -0.2) is 9.78 Å². The molecule has 0 aliphatic carbocycles. The number of nitrogens with zero attached hydrogens (tertiary/aromatic N) is 1. The van der Waals surface area contributed by atoms with Crippen LogP contribution in [0.25, 0.3) is 11.3 Å². The largest absolute Gasteiger partial charge is 0.461 e. The molecule has 19 heavy (non-hydrogen) atoms. The number of aromatic nitrogens is 1. The maximum atomic E-state index is 11.6. The molecule has 0 radical (unpaired) electrons. The molecule has 0 N–H and O–H groups in total. The minimum absolute atomic E-state index is 0.260. The lowest BCUT2D eigenvalue weighted by Gasteiger charge is -2.05. The van der Waals surface area contributed by atoms with Crippen LogP contribution in [0.15, 0.2) is 42.5 Å². The Labute approximate surface area is 111 Å². The summed E-state index contributed by atoms with van der Waals surface area (Å²) in [5.41, 5.74) is 2.25. The molecule has 0 amide bonds. The molecule has 0 saturated carbocycles. The first kappa shape index (κ1) is 13.0. The van der Waals surface area contributed by atoms with Crippen molar-refractivity contribution in [2.75, 3.05) is 6.61 Å². The zero-order chi connectivity index (χ0) is 13.7. The van der Waals surface area contributed by atoms with Gasteiger partial charge in [-0.1, -0.05) is 24.3 Å². The third kappa shape index (κ3) is 3.04. The van der Waals surface area contributed by atoms with Crippen LogP contribution in [0, 0.1) is 0 Å². The summed E-state index contributed by atoms with van der Waals surface area (Å²) >= 11 is 0. The Morgan fingerprint density at radius 3 is 2.79 bits per heavy atom. The predicted octanol–water partition coefficient (Wildman–Crippen LogP) is 2.74. The maximum Gasteiger partial charge on any atom is 0.356 e. The van der Waals surface area contributed by atoms with E-state index in [1.54, 1.807) is 43.3 Å². The highest BCUT2D eigenvalue weighted by atomic mass is 16.5. The van der Waals surface area contributed by atoms with Crippen LogP contribution in [0.2, 0.25) is 0 Å². The van der Waals surface area contributed by atoms with E-state index in [-0.39, 0.29) is 5.69 Å². The third-order valence-corrected chi connectivity index (χ3v) is 2.55. The van der Waals surface area contributed by atoms with Crippen molar-refractivity contribution in [1.29, 1.82) is 0 Å². The van der Waals surface area contributed by atoms with E-state index in [0.29, 0.717) is 17.9 Å². The first-order valence-electron chi connectivity index (χ1n) is 5.94. The number of hydrogen-bond acceptors (Lipinski definition) is 4. The Hall–Kier alpha value is -2.49. The van der Waals surface area contributed by atoms with Crippen LogP contribution in [0.3, 0.4) is 0 Å². The van der Waals surface area contributed by atoms with Gasteiger partial charge in [0.2, 0.25) is 0 Å². The normalized spacial score (nSPS) is 9.95. The fourth-order valence-corrected chi connectivity index (χ4v) is 1.69. The smallest absolute Gasteiger partial charge is 0.356 e. The summed E-state index contributed by atoms with van der Waals surface area (Å²) in [5, 5.41) is 0. The van der Waals surface area contributed by atoms with Crippen LogP contribution in [0.4, 0.5) is 0 Å². The predicted molar refractivity (Wildman–Crippen MR) is 71.0 cm³/mol. The molecule has 1 aromatic carbocycles. The standard InChI is InChI=1S/C15H13NO3/c1-2-19-15(18)14-8-4-7-13(16-14)12-6-3-5-11(9-12)10-17/h3-10H,2H2,1H3. The minimum atomic E-state index is -0.448. The second-order valence-corrected chi connectivity index (χ2v) is 3.87. The third-order valence-electron chi connectivity index (χ3n) is 2.55. The van der Waals surface area contributed by atoms with Crippen LogP contribution < -0.4 is 0 Å². The summed E-state index contributed by atoms with van der Waals surface area (Å²) in [5.74, 6) is -0.448. The molecule has 2 rings (SSSR count). The molecule has 0 bridgehead atoms. The fraction of sp³-hybridized carbons (Fsp3) is 0.133. The summed E-state index contributed by atoms with van der Waals surface area (Å²) in [4.78, 5) is 26.6. The van der Waals surface area contributed by atoms with Crippen molar-refractivity contribution in [1.82, 2.24) is 4.98 Å². The van der Waals surface area contributed by atoms with Crippen LogP contribution in [-0.2, 0) is 4.74 Å². The van der Waals surface area contributed by atoms with E-state index in [0.717, 1.165) is 11.8 Å². The maximum absolute atomic E-state index is 11.6. The van der Waals surface area contributed by atoms with Gasteiger partial charge in [0.25, 0.3) is 0 Å². The molecule has 4 nitrogen and oxygen atoms in total. The number of esters is 1. The lowest BCUT2D eigenvalue weighted by molar-refractivity contribution is 0.0519. The summed E-state index contributed by atoms with van der Waals surface area (Å²) in [6.45, 7) is 2.06. The second kappa shape index (κ2) is 5.91. The molecule has 0 spiro atoms. The zero-order valence-corrected chi connectivity index (χ0v) is 10.5. The van der Waals surface area contributed by atoms with E-state index in [2.05, 4.69) is 4.98 Å². The molecule has 0 aliphatic rings. The second-order valence-electron chi connectivity index (χ2n) is 3.87. The van der Waals surface area contributed by atoms with Crippen LogP contribution in [0.5, 0.6) is 0 Å². The van der Waals surface area contributed by atoms with Crippen molar-refractivity contribution >= 4 is 12.3 Å². The molecule has 0 aliphatic heterocycles. The number of carbonyl (C=O) groups excluding carboxylic acids is 2. The lowest BCUT2D eigenvalue weighted by Crippen LogP contribution is -2.07. The molecule has 4 heteroatoms. The summed E-state index contributed by atoms with van der Waals surface area (Å²) in [6.07, 6.45) is 0.776. The molecule has 1 heterocycles. The van der Waals surface area contributed by atoms with Crippen LogP contribution in [0.1, 0.15) is 27.8 Å². The number of carbonyl (C=O) groups is 2. The van der Waals surface area contributed by atoms with Gasteiger partial charge in [-0.15, -0.1) is 0 Å². The van der Waals surface area contributed by atoms with Crippen LogP contribution >= 0.6 is 0 Å². The molecule has 1 aromatic heterocycles. The van der Waals surface area contributed by atoms with E-state index in [1.165, 1.54) is 0 Å². The lowest BCUT2D eigenvalue weighted by atomic mass is 10.1. The van der Waals surface area contributed by atoms with Gasteiger partial charge in [0, 0.05) is 11.1 Å². The average Bonchev–Trinajstić information content (AvgIpc) is 2.48. The van der Waals surface area contributed by atoms with Gasteiger partial charge in [0.1, 0.15) is 12.0 Å². The van der Waals surface area contributed by atoms with E-state index in [4.69, 9.17) is 4.74 Å². The molecule has 0 unspecified atom stereocenters. The van der Waals surface area contributed by atoms with Gasteiger partial charge in [-0.05, 0) is 25.1 Å². The quantitative estimate of drug-likeness (QED) is 0.622. The monoisotopic (exact) mass is 255 g/mol. The molecule has 0 fully saturated rings. The number of benzene rings is 1. The first-order valence-corrected chi connectivity index (χ1v) is 5.94. The number of rotatable bonds is 4. The van der Waals surface area contributed by atoms with E-state index < -0.39 is 5.97 Å². The van der Waals surface area contributed by atoms with Gasteiger partial charge < -0.3 is 4.74 Å². The minimum Gasteiger partial charge on any atom is -0.461 e. The highest BCUT2D eigenvalue weighted by Crippen LogP contribution is 2.18. The Kier molecular flexibility index (Phi) is 4.03. The van der Waals surface area contributed by atoms with Gasteiger partial charge >= 0.3 is 5.97 Å². The van der Waals surface area contributed by atoms with Gasteiger partial charge in [-0.3, -0.25) is 4.79 Å². The fourth-order valence-electron chi connectivity index (χ4n) is 1.69. The number of pyridine rings is 1. The summed E-state index contributed by atoms with van der Waals surface area (Å²) in [7, 11) is 0. The van der Waals surface area contributed by atoms with Crippen molar-refractivity contribution in [3.63, 3.8) is 0 Å². The number of aldehydes is 1. The summed E-state index contributed by atoms with van der Waals surface area (Å²) in [6, 6.07) is 12.2. The molecule has 0 saturated heterocycles. The highest BCUT2D eigenvalue weighted by Gasteiger charge is 2.09. The first-order chi connectivity index (χ1) is 9.24. The van der Waals surface area contributed by atoms with Crippen molar-refractivity contribution in [2.45, 2.75) is 6.92 Å². The molecular weight excluding hydrogens is 242 g/mol. The van der Waals surface area contributed by atoms with Crippen molar-refractivity contribution in [2.24, 2.45) is 0 Å². The zero-order valence-electron chi connectivity index (χ0n) is 10.5. The topological polar surface area (TPSA) is 56.3 Å². The van der Waals surface area contributed by atoms with E-state index >= 15 is 0 Å². The van der Waals surface area contributed by atoms with E-state index in [9.17, 15) is 9.59 Å². The molecular formula is C15H13NO3. The van der Waals surface area contributed by atoms with Crippen LogP contribution in [-0.4, -0.2) is 23.8 Å².